The third-order valence-electron chi connectivity index (χ3n) is 3.13. The van der Waals surface area contributed by atoms with E-state index < -0.39 is 5.97 Å². The van der Waals surface area contributed by atoms with E-state index in [9.17, 15) is 4.79 Å². The molecule has 2 nitrogen and oxygen atoms in total. The first-order valence-corrected chi connectivity index (χ1v) is 5.81. The number of hydrogen-bond donors (Lipinski definition) is 1. The highest BCUT2D eigenvalue weighted by molar-refractivity contribution is 9.10. The molecule has 0 bridgehead atoms. The van der Waals surface area contributed by atoms with Gasteiger partial charge in [-0.1, -0.05) is 28.1 Å². The molecule has 15 heavy (non-hydrogen) atoms. The van der Waals surface area contributed by atoms with Crippen molar-refractivity contribution in [3.05, 3.63) is 33.8 Å². The summed E-state index contributed by atoms with van der Waals surface area (Å²) in [5.74, 6) is -0.704. The Morgan fingerprint density at radius 2 is 2.20 bits per heavy atom. The molecule has 1 aliphatic carbocycles. The highest BCUT2D eigenvalue weighted by Crippen LogP contribution is 2.51. The summed E-state index contributed by atoms with van der Waals surface area (Å²) < 4.78 is 1.07. The summed E-state index contributed by atoms with van der Waals surface area (Å²) in [7, 11) is 0. The van der Waals surface area contributed by atoms with Crippen LogP contribution in [0.25, 0.3) is 0 Å². The van der Waals surface area contributed by atoms with Crippen LogP contribution in [0, 0.1) is 6.92 Å². The fraction of sp³-hybridized carbons (Fsp3) is 0.417. The van der Waals surface area contributed by atoms with E-state index in [1.807, 2.05) is 13.0 Å². The summed E-state index contributed by atoms with van der Waals surface area (Å²) in [4.78, 5) is 10.8. The Hall–Kier alpha value is -0.830. The highest BCUT2D eigenvalue weighted by Gasteiger charge is 2.45. The second kappa shape index (κ2) is 3.63. The van der Waals surface area contributed by atoms with Crippen LogP contribution in [0.3, 0.4) is 0 Å². The zero-order valence-electron chi connectivity index (χ0n) is 8.59. The largest absolute Gasteiger partial charge is 0.481 e. The van der Waals surface area contributed by atoms with Gasteiger partial charge in [-0.05, 0) is 37.0 Å². The second-order valence-corrected chi connectivity index (χ2v) is 5.17. The van der Waals surface area contributed by atoms with Gasteiger partial charge < -0.3 is 5.11 Å². The maximum absolute atomic E-state index is 10.8. The maximum atomic E-state index is 10.8. The van der Waals surface area contributed by atoms with Crippen LogP contribution in [0.2, 0.25) is 0 Å². The Bertz CT molecular complexity index is 408. The zero-order valence-corrected chi connectivity index (χ0v) is 10.2. The molecule has 0 unspecified atom stereocenters. The first kappa shape index (κ1) is 10.7. The third kappa shape index (κ3) is 2.07. The minimum Gasteiger partial charge on any atom is -0.481 e. The van der Waals surface area contributed by atoms with Crippen LogP contribution in [-0.4, -0.2) is 11.1 Å². The number of carboxylic acids is 1. The number of halogens is 1. The Labute approximate surface area is 97.4 Å². The van der Waals surface area contributed by atoms with Crippen molar-refractivity contribution in [2.24, 2.45) is 0 Å². The van der Waals surface area contributed by atoms with Gasteiger partial charge >= 0.3 is 5.97 Å². The van der Waals surface area contributed by atoms with Gasteiger partial charge in [0.25, 0.3) is 0 Å². The molecule has 80 valence electrons. The Morgan fingerprint density at radius 1 is 1.53 bits per heavy atom. The standard InChI is InChI=1S/C12H13BrO2/c1-8-2-3-9(6-10(8)13)12(4-5-12)7-11(14)15/h2-3,6H,4-5,7H2,1H3,(H,14,15). The van der Waals surface area contributed by atoms with E-state index in [-0.39, 0.29) is 11.8 Å². The van der Waals surface area contributed by atoms with Gasteiger partial charge in [0.2, 0.25) is 0 Å². The highest BCUT2D eigenvalue weighted by atomic mass is 79.9. The summed E-state index contributed by atoms with van der Waals surface area (Å²) in [6, 6.07) is 6.16. The molecule has 0 amide bonds. The minimum absolute atomic E-state index is 0.0813. The van der Waals surface area contributed by atoms with Crippen LogP contribution in [0.5, 0.6) is 0 Å². The third-order valence-corrected chi connectivity index (χ3v) is 3.98. The van der Waals surface area contributed by atoms with E-state index in [1.165, 1.54) is 5.56 Å². The molecule has 0 radical (unpaired) electrons. The first-order valence-electron chi connectivity index (χ1n) is 5.02. The summed E-state index contributed by atoms with van der Waals surface area (Å²) in [5.41, 5.74) is 2.26. The molecule has 1 N–H and O–H groups in total. The number of hydrogen-bond acceptors (Lipinski definition) is 1. The molecular formula is C12H13BrO2. The predicted octanol–water partition coefficient (Wildman–Crippen LogP) is 3.26. The summed E-state index contributed by atoms with van der Waals surface area (Å²) in [6.45, 7) is 2.03. The van der Waals surface area contributed by atoms with Gasteiger partial charge in [-0.25, -0.2) is 0 Å². The smallest absolute Gasteiger partial charge is 0.304 e. The van der Waals surface area contributed by atoms with Gasteiger partial charge in [0.1, 0.15) is 0 Å². The number of carbonyl (C=O) groups is 1. The average Bonchev–Trinajstić information content (AvgIpc) is 2.89. The van der Waals surface area contributed by atoms with Crippen molar-refractivity contribution in [2.45, 2.75) is 31.6 Å². The molecule has 1 saturated carbocycles. The molecule has 1 aromatic rings. The van der Waals surface area contributed by atoms with Gasteiger partial charge in [0, 0.05) is 9.89 Å². The van der Waals surface area contributed by atoms with E-state index in [2.05, 4.69) is 28.1 Å². The minimum atomic E-state index is -0.704. The van der Waals surface area contributed by atoms with Crippen molar-refractivity contribution in [1.82, 2.24) is 0 Å². The Kier molecular flexibility index (Phi) is 2.59. The number of benzene rings is 1. The van der Waals surface area contributed by atoms with E-state index >= 15 is 0 Å². The molecule has 0 heterocycles. The zero-order chi connectivity index (χ0) is 11.1. The quantitative estimate of drug-likeness (QED) is 0.914. The van der Waals surface area contributed by atoms with Crippen molar-refractivity contribution in [3.63, 3.8) is 0 Å². The van der Waals surface area contributed by atoms with Crippen molar-refractivity contribution in [3.8, 4) is 0 Å². The fourth-order valence-electron chi connectivity index (χ4n) is 1.93. The van der Waals surface area contributed by atoms with Crippen LogP contribution in [0.1, 0.15) is 30.4 Å². The Balaban J connectivity index is 2.29. The lowest BCUT2D eigenvalue weighted by atomic mass is 9.92. The number of aliphatic carboxylic acids is 1. The normalized spacial score (nSPS) is 17.5. The second-order valence-electron chi connectivity index (χ2n) is 4.31. The van der Waals surface area contributed by atoms with E-state index in [0.717, 1.165) is 22.9 Å². The topological polar surface area (TPSA) is 37.3 Å². The van der Waals surface area contributed by atoms with Crippen LogP contribution in [0.4, 0.5) is 0 Å². The molecule has 1 fully saturated rings. The van der Waals surface area contributed by atoms with E-state index in [1.54, 1.807) is 0 Å². The number of rotatable bonds is 3. The molecule has 1 aliphatic rings. The van der Waals surface area contributed by atoms with Crippen LogP contribution >= 0.6 is 15.9 Å². The van der Waals surface area contributed by atoms with E-state index in [4.69, 9.17) is 5.11 Å². The van der Waals surface area contributed by atoms with Gasteiger partial charge in [0.05, 0.1) is 6.42 Å². The number of aryl methyl sites for hydroxylation is 1. The molecule has 0 atom stereocenters. The lowest BCUT2D eigenvalue weighted by Gasteiger charge is -2.14. The summed E-state index contributed by atoms with van der Waals surface area (Å²) in [6.07, 6.45) is 2.24. The average molecular weight is 269 g/mol. The van der Waals surface area contributed by atoms with E-state index in [0.29, 0.717) is 0 Å². The lowest BCUT2D eigenvalue weighted by molar-refractivity contribution is -0.137. The van der Waals surface area contributed by atoms with Crippen molar-refractivity contribution >= 4 is 21.9 Å². The molecule has 1 aromatic carbocycles. The fourth-order valence-corrected chi connectivity index (χ4v) is 2.31. The summed E-state index contributed by atoms with van der Waals surface area (Å²) in [5, 5.41) is 8.86. The monoisotopic (exact) mass is 268 g/mol. The molecule has 0 spiro atoms. The lowest BCUT2D eigenvalue weighted by Crippen LogP contribution is -2.12. The molecular weight excluding hydrogens is 256 g/mol. The summed E-state index contributed by atoms with van der Waals surface area (Å²) >= 11 is 3.49. The molecule has 2 rings (SSSR count). The van der Waals surface area contributed by atoms with Crippen LogP contribution < -0.4 is 0 Å². The van der Waals surface area contributed by atoms with Crippen LogP contribution in [-0.2, 0) is 10.2 Å². The maximum Gasteiger partial charge on any atom is 0.304 e. The van der Waals surface area contributed by atoms with Crippen molar-refractivity contribution < 1.29 is 9.90 Å². The molecule has 0 aromatic heterocycles. The van der Waals surface area contributed by atoms with Gasteiger partial charge in [-0.15, -0.1) is 0 Å². The van der Waals surface area contributed by atoms with Crippen molar-refractivity contribution in [1.29, 1.82) is 0 Å². The molecule has 0 aliphatic heterocycles. The first-order chi connectivity index (χ1) is 7.03. The van der Waals surface area contributed by atoms with Gasteiger partial charge in [-0.3, -0.25) is 4.79 Å². The van der Waals surface area contributed by atoms with Crippen molar-refractivity contribution in [2.75, 3.05) is 0 Å². The molecule has 3 heteroatoms. The SMILES string of the molecule is Cc1ccc(C2(CC(=O)O)CC2)cc1Br. The number of carboxylic acid groups (broad SMARTS) is 1. The molecule has 0 saturated heterocycles. The van der Waals surface area contributed by atoms with Crippen LogP contribution in [0.15, 0.2) is 22.7 Å². The Morgan fingerprint density at radius 3 is 2.67 bits per heavy atom. The predicted molar refractivity (Wildman–Crippen MR) is 62.0 cm³/mol. The van der Waals surface area contributed by atoms with Gasteiger partial charge in [-0.2, -0.15) is 0 Å². The van der Waals surface area contributed by atoms with Gasteiger partial charge in [0.15, 0.2) is 0 Å².